The second-order valence-corrected chi connectivity index (χ2v) is 7.15. The predicted octanol–water partition coefficient (Wildman–Crippen LogP) is 3.25. The van der Waals surface area contributed by atoms with Crippen molar-refractivity contribution in [2.45, 2.75) is 12.8 Å². The Kier molecular flexibility index (Phi) is 5.21. The molecule has 3 aromatic rings. The van der Waals surface area contributed by atoms with Crippen LogP contribution in [0, 0.1) is 11.8 Å². The lowest BCUT2D eigenvalue weighted by atomic mass is 9.86. The van der Waals surface area contributed by atoms with Crippen molar-refractivity contribution in [2.24, 2.45) is 11.8 Å². The monoisotopic (exact) mass is 378 g/mol. The summed E-state index contributed by atoms with van der Waals surface area (Å²) in [6.07, 6.45) is 3.07. The summed E-state index contributed by atoms with van der Waals surface area (Å²) in [4.78, 5) is 29.1. The normalized spacial score (nSPS) is 16.1. The third kappa shape index (κ3) is 3.55. The van der Waals surface area contributed by atoms with Gasteiger partial charge in [0, 0.05) is 31.3 Å². The van der Waals surface area contributed by atoms with Crippen molar-refractivity contribution < 1.29 is 19.4 Å². The maximum atomic E-state index is 12.9. The zero-order chi connectivity index (χ0) is 19.5. The average Bonchev–Trinajstić information content (AvgIpc) is 2.73. The fraction of sp³-hybridized carbons (Fsp3) is 0.318. The first kappa shape index (κ1) is 18.4. The topological polar surface area (TPSA) is 88.5 Å². The fourth-order valence-electron chi connectivity index (χ4n) is 3.97. The van der Waals surface area contributed by atoms with Crippen LogP contribution in [0.1, 0.15) is 23.2 Å². The molecule has 1 amide bonds. The van der Waals surface area contributed by atoms with Gasteiger partial charge in [-0.05, 0) is 41.7 Å². The van der Waals surface area contributed by atoms with Crippen LogP contribution in [0.5, 0.6) is 0 Å². The standard InChI is InChI=1S/C22H22N2O4/c25-21(24-13-19(22(26)27)14-7-10-28-11-8-14)18-12-15-4-1-2-5-16(15)17-6-3-9-23-20(17)18/h1-6,9,12,14,19H,7-8,10-11,13H2,(H,24,25)(H,26,27). The van der Waals surface area contributed by atoms with Gasteiger partial charge in [0.25, 0.3) is 5.91 Å². The zero-order valence-electron chi connectivity index (χ0n) is 15.4. The van der Waals surface area contributed by atoms with Gasteiger partial charge in [0.15, 0.2) is 0 Å². The Morgan fingerprint density at radius 2 is 1.89 bits per heavy atom. The molecule has 1 unspecified atom stereocenters. The lowest BCUT2D eigenvalue weighted by molar-refractivity contribution is -0.144. The van der Waals surface area contributed by atoms with Crippen LogP contribution < -0.4 is 5.32 Å². The highest BCUT2D eigenvalue weighted by atomic mass is 16.5. The Balaban J connectivity index is 1.62. The van der Waals surface area contributed by atoms with Crippen LogP contribution in [0.15, 0.2) is 48.7 Å². The van der Waals surface area contributed by atoms with E-state index >= 15 is 0 Å². The Morgan fingerprint density at radius 1 is 1.14 bits per heavy atom. The third-order valence-electron chi connectivity index (χ3n) is 5.49. The molecule has 2 aromatic carbocycles. The van der Waals surface area contributed by atoms with Crippen LogP contribution in [0.4, 0.5) is 0 Å². The fourth-order valence-corrected chi connectivity index (χ4v) is 3.97. The summed E-state index contributed by atoms with van der Waals surface area (Å²) < 4.78 is 5.33. The van der Waals surface area contributed by atoms with E-state index in [4.69, 9.17) is 4.74 Å². The molecule has 1 atom stereocenters. The van der Waals surface area contributed by atoms with Crippen LogP contribution in [0.2, 0.25) is 0 Å². The minimum Gasteiger partial charge on any atom is -0.481 e. The minimum atomic E-state index is -0.881. The Labute approximate surface area is 162 Å². The van der Waals surface area contributed by atoms with Crippen LogP contribution >= 0.6 is 0 Å². The zero-order valence-corrected chi connectivity index (χ0v) is 15.4. The lowest BCUT2D eigenvalue weighted by Gasteiger charge is -2.27. The van der Waals surface area contributed by atoms with Gasteiger partial charge >= 0.3 is 5.97 Å². The molecule has 0 aliphatic carbocycles. The van der Waals surface area contributed by atoms with E-state index in [0.717, 1.165) is 16.2 Å². The molecule has 6 nitrogen and oxygen atoms in total. The SMILES string of the molecule is O=C(NCC(C(=O)O)C1CCOCC1)c1cc2ccccc2c2cccnc12. The molecule has 1 aliphatic rings. The smallest absolute Gasteiger partial charge is 0.308 e. The number of nitrogens with one attached hydrogen (secondary N) is 1. The van der Waals surface area contributed by atoms with E-state index in [1.165, 1.54) is 0 Å². The number of amides is 1. The largest absolute Gasteiger partial charge is 0.481 e. The van der Waals surface area contributed by atoms with E-state index < -0.39 is 11.9 Å². The van der Waals surface area contributed by atoms with E-state index in [2.05, 4.69) is 10.3 Å². The Morgan fingerprint density at radius 3 is 2.68 bits per heavy atom. The molecule has 0 bridgehead atoms. The second-order valence-electron chi connectivity index (χ2n) is 7.15. The number of carbonyl (C=O) groups excluding carboxylic acids is 1. The maximum absolute atomic E-state index is 12.9. The van der Waals surface area contributed by atoms with Crippen LogP contribution in [-0.2, 0) is 9.53 Å². The van der Waals surface area contributed by atoms with Crippen molar-refractivity contribution in [3.05, 3.63) is 54.2 Å². The van der Waals surface area contributed by atoms with Crippen molar-refractivity contribution >= 4 is 33.6 Å². The molecule has 28 heavy (non-hydrogen) atoms. The van der Waals surface area contributed by atoms with Crippen molar-refractivity contribution in [2.75, 3.05) is 19.8 Å². The van der Waals surface area contributed by atoms with Gasteiger partial charge in [0.2, 0.25) is 0 Å². The molecule has 0 spiro atoms. The number of carbonyl (C=O) groups is 2. The van der Waals surface area contributed by atoms with Gasteiger partial charge in [0.05, 0.1) is 17.0 Å². The van der Waals surface area contributed by atoms with E-state index in [-0.39, 0.29) is 18.4 Å². The van der Waals surface area contributed by atoms with E-state index in [1.54, 1.807) is 6.20 Å². The number of nitrogens with zero attached hydrogens (tertiary/aromatic N) is 1. The molecule has 1 aromatic heterocycles. The first-order chi connectivity index (χ1) is 13.6. The van der Waals surface area contributed by atoms with Crippen LogP contribution in [-0.4, -0.2) is 41.7 Å². The molecule has 144 valence electrons. The first-order valence-corrected chi connectivity index (χ1v) is 9.50. The summed E-state index contributed by atoms with van der Waals surface area (Å²) in [5.41, 5.74) is 1.09. The lowest BCUT2D eigenvalue weighted by Crippen LogP contribution is -2.39. The van der Waals surface area contributed by atoms with Crippen molar-refractivity contribution in [1.29, 1.82) is 0 Å². The number of aliphatic carboxylic acids is 1. The molecule has 4 rings (SSSR count). The molecule has 1 saturated heterocycles. The highest BCUT2D eigenvalue weighted by molar-refractivity contribution is 6.15. The summed E-state index contributed by atoms with van der Waals surface area (Å²) >= 11 is 0. The number of hydrogen-bond donors (Lipinski definition) is 2. The highest BCUT2D eigenvalue weighted by Gasteiger charge is 2.30. The second kappa shape index (κ2) is 7.94. The molecular weight excluding hydrogens is 356 g/mol. The Bertz CT molecular complexity index is 1030. The third-order valence-corrected chi connectivity index (χ3v) is 5.49. The summed E-state index contributed by atoms with van der Waals surface area (Å²) in [6, 6.07) is 13.5. The van der Waals surface area contributed by atoms with E-state index in [9.17, 15) is 14.7 Å². The summed E-state index contributed by atoms with van der Waals surface area (Å²) in [6.45, 7) is 1.24. The molecule has 2 N–H and O–H groups in total. The van der Waals surface area contributed by atoms with Crippen molar-refractivity contribution in [3.63, 3.8) is 0 Å². The van der Waals surface area contributed by atoms with Gasteiger partial charge in [-0.3, -0.25) is 14.6 Å². The van der Waals surface area contributed by atoms with Crippen molar-refractivity contribution in [1.82, 2.24) is 10.3 Å². The van der Waals surface area contributed by atoms with Gasteiger partial charge in [-0.15, -0.1) is 0 Å². The van der Waals surface area contributed by atoms with Gasteiger partial charge in [-0.2, -0.15) is 0 Å². The number of benzene rings is 2. The number of hydrogen-bond acceptors (Lipinski definition) is 4. The van der Waals surface area contributed by atoms with Gasteiger partial charge in [-0.25, -0.2) is 0 Å². The molecule has 6 heteroatoms. The molecule has 2 heterocycles. The van der Waals surface area contributed by atoms with Gasteiger partial charge in [-0.1, -0.05) is 30.3 Å². The number of pyridine rings is 1. The van der Waals surface area contributed by atoms with Crippen LogP contribution in [0.3, 0.4) is 0 Å². The molecule has 1 aliphatic heterocycles. The number of ether oxygens (including phenoxy) is 1. The number of carboxylic acid groups (broad SMARTS) is 1. The Hall–Kier alpha value is -2.99. The van der Waals surface area contributed by atoms with Gasteiger partial charge in [0.1, 0.15) is 0 Å². The summed E-state index contributed by atoms with van der Waals surface area (Å²) in [7, 11) is 0. The minimum absolute atomic E-state index is 0.0121. The quantitative estimate of drug-likeness (QED) is 0.666. The average molecular weight is 378 g/mol. The molecule has 0 radical (unpaired) electrons. The molecule has 0 saturated carbocycles. The first-order valence-electron chi connectivity index (χ1n) is 9.50. The number of carboxylic acids is 1. The number of aromatic nitrogens is 1. The number of rotatable bonds is 5. The van der Waals surface area contributed by atoms with E-state index in [1.807, 2.05) is 42.5 Å². The van der Waals surface area contributed by atoms with Crippen LogP contribution in [0.25, 0.3) is 21.7 Å². The van der Waals surface area contributed by atoms with Crippen molar-refractivity contribution in [3.8, 4) is 0 Å². The summed E-state index contributed by atoms with van der Waals surface area (Å²) in [5, 5.41) is 15.3. The highest BCUT2D eigenvalue weighted by Crippen LogP contribution is 2.28. The van der Waals surface area contributed by atoms with Gasteiger partial charge < -0.3 is 15.2 Å². The molecular formula is C22H22N2O4. The summed E-state index contributed by atoms with van der Waals surface area (Å²) in [5.74, 6) is -1.79. The molecule has 1 fully saturated rings. The predicted molar refractivity (Wildman–Crippen MR) is 106 cm³/mol. The maximum Gasteiger partial charge on any atom is 0.308 e. The number of fused-ring (bicyclic) bond motifs is 3. The van der Waals surface area contributed by atoms with E-state index in [0.29, 0.717) is 37.1 Å².